The van der Waals surface area contributed by atoms with Crippen molar-refractivity contribution < 1.29 is 9.47 Å². The van der Waals surface area contributed by atoms with E-state index in [4.69, 9.17) is 9.47 Å². The summed E-state index contributed by atoms with van der Waals surface area (Å²) in [5, 5.41) is 0. The lowest BCUT2D eigenvalue weighted by Gasteiger charge is -2.11. The van der Waals surface area contributed by atoms with Gasteiger partial charge in [0.1, 0.15) is 12.4 Å². The van der Waals surface area contributed by atoms with Crippen LogP contribution in [-0.2, 0) is 13.0 Å². The molecule has 102 valence electrons. The lowest BCUT2D eigenvalue weighted by atomic mass is 10.3. The van der Waals surface area contributed by atoms with Crippen LogP contribution in [0.25, 0.3) is 0 Å². The van der Waals surface area contributed by atoms with Gasteiger partial charge in [-0.25, -0.2) is 4.98 Å². The summed E-state index contributed by atoms with van der Waals surface area (Å²) in [5.74, 6) is 2.66. The molecule has 0 saturated carbocycles. The van der Waals surface area contributed by atoms with E-state index in [-0.39, 0.29) is 0 Å². The van der Waals surface area contributed by atoms with E-state index < -0.39 is 0 Å². The molecule has 0 bridgehead atoms. The third-order valence-electron chi connectivity index (χ3n) is 2.93. The molecule has 0 fully saturated rings. The van der Waals surface area contributed by atoms with Gasteiger partial charge in [0.05, 0.1) is 13.7 Å². The first kappa shape index (κ1) is 13.5. The second kappa shape index (κ2) is 6.83. The van der Waals surface area contributed by atoms with Crippen LogP contribution in [0.2, 0.25) is 0 Å². The Morgan fingerprint density at radius 3 is 2.74 bits per heavy atom. The van der Waals surface area contributed by atoms with Gasteiger partial charge >= 0.3 is 0 Å². The van der Waals surface area contributed by atoms with E-state index in [1.807, 2.05) is 36.7 Å². The summed E-state index contributed by atoms with van der Waals surface area (Å²) in [5.41, 5.74) is 0. The third kappa shape index (κ3) is 3.50. The molecule has 4 heteroatoms. The number of ether oxygens (including phenoxy) is 2. The molecule has 0 N–H and O–H groups in total. The van der Waals surface area contributed by atoms with E-state index >= 15 is 0 Å². The summed E-state index contributed by atoms with van der Waals surface area (Å²) in [6, 6.07) is 7.69. The van der Waals surface area contributed by atoms with Gasteiger partial charge in [0, 0.05) is 18.8 Å². The highest BCUT2D eigenvalue weighted by atomic mass is 16.5. The molecule has 4 nitrogen and oxygen atoms in total. The smallest absolute Gasteiger partial charge is 0.161 e. The predicted molar refractivity (Wildman–Crippen MR) is 74.7 cm³/mol. The lowest BCUT2D eigenvalue weighted by Crippen LogP contribution is -2.10. The number of para-hydroxylation sites is 2. The number of hydrogen-bond acceptors (Lipinski definition) is 3. The minimum atomic E-state index is 0.605. The molecule has 2 aromatic rings. The van der Waals surface area contributed by atoms with Crippen LogP contribution in [-0.4, -0.2) is 23.3 Å². The molecule has 2 rings (SSSR count). The van der Waals surface area contributed by atoms with Gasteiger partial charge < -0.3 is 14.0 Å². The number of methoxy groups -OCH3 is 1. The van der Waals surface area contributed by atoms with Gasteiger partial charge in [-0.2, -0.15) is 0 Å². The molecule has 0 aliphatic rings. The van der Waals surface area contributed by atoms with Crippen LogP contribution in [0.1, 0.15) is 19.2 Å². The molecule has 0 spiro atoms. The number of hydrogen-bond donors (Lipinski definition) is 0. The number of rotatable bonds is 7. The van der Waals surface area contributed by atoms with Crippen LogP contribution in [0.15, 0.2) is 36.7 Å². The van der Waals surface area contributed by atoms with E-state index in [0.29, 0.717) is 6.61 Å². The minimum Gasteiger partial charge on any atom is -0.493 e. The SMILES string of the molecule is CCCc1nccn1CCOc1ccccc1OC. The molecular formula is C15H20N2O2. The first-order chi connectivity index (χ1) is 9.35. The Morgan fingerprint density at radius 2 is 2.00 bits per heavy atom. The quantitative estimate of drug-likeness (QED) is 0.768. The van der Waals surface area contributed by atoms with Crippen LogP contribution in [0.5, 0.6) is 11.5 Å². The maximum Gasteiger partial charge on any atom is 0.161 e. The Labute approximate surface area is 114 Å². The summed E-state index contributed by atoms with van der Waals surface area (Å²) in [6.07, 6.45) is 5.94. The number of imidazole rings is 1. The standard InChI is InChI=1S/C15H20N2O2/c1-3-6-15-16-9-10-17(15)11-12-19-14-8-5-4-7-13(14)18-2/h4-5,7-10H,3,6,11-12H2,1-2H3. The summed E-state index contributed by atoms with van der Waals surface area (Å²) in [4.78, 5) is 4.35. The molecule has 0 amide bonds. The van der Waals surface area contributed by atoms with Crippen molar-refractivity contribution in [3.63, 3.8) is 0 Å². The first-order valence-corrected chi connectivity index (χ1v) is 6.61. The lowest BCUT2D eigenvalue weighted by molar-refractivity contribution is 0.278. The topological polar surface area (TPSA) is 36.3 Å². The number of aryl methyl sites for hydroxylation is 1. The highest BCUT2D eigenvalue weighted by Crippen LogP contribution is 2.25. The van der Waals surface area contributed by atoms with E-state index in [1.54, 1.807) is 7.11 Å². The third-order valence-corrected chi connectivity index (χ3v) is 2.93. The Morgan fingerprint density at radius 1 is 1.21 bits per heavy atom. The minimum absolute atomic E-state index is 0.605. The van der Waals surface area contributed by atoms with Crippen molar-refractivity contribution >= 4 is 0 Å². The molecule has 0 radical (unpaired) electrons. The maximum absolute atomic E-state index is 5.76. The largest absolute Gasteiger partial charge is 0.493 e. The molecule has 0 aliphatic carbocycles. The van der Waals surface area contributed by atoms with Crippen molar-refractivity contribution in [1.29, 1.82) is 0 Å². The summed E-state index contributed by atoms with van der Waals surface area (Å²) < 4.78 is 13.1. The van der Waals surface area contributed by atoms with Crippen molar-refractivity contribution in [2.45, 2.75) is 26.3 Å². The average molecular weight is 260 g/mol. The first-order valence-electron chi connectivity index (χ1n) is 6.61. The van der Waals surface area contributed by atoms with Gasteiger partial charge in [0.2, 0.25) is 0 Å². The second-order valence-electron chi connectivity index (χ2n) is 4.29. The van der Waals surface area contributed by atoms with Crippen molar-refractivity contribution in [3.8, 4) is 11.5 Å². The van der Waals surface area contributed by atoms with Gasteiger partial charge in [-0.15, -0.1) is 0 Å². The molecule has 0 unspecified atom stereocenters. The number of nitrogens with zero attached hydrogens (tertiary/aromatic N) is 2. The average Bonchev–Trinajstić information content (AvgIpc) is 2.87. The Balaban J connectivity index is 1.91. The fraction of sp³-hybridized carbons (Fsp3) is 0.400. The Bertz CT molecular complexity index is 508. The van der Waals surface area contributed by atoms with Crippen LogP contribution in [0.3, 0.4) is 0 Å². The molecule has 19 heavy (non-hydrogen) atoms. The Hall–Kier alpha value is -1.97. The van der Waals surface area contributed by atoms with Gasteiger partial charge in [-0.05, 0) is 18.6 Å². The summed E-state index contributed by atoms with van der Waals surface area (Å²) >= 11 is 0. The van der Waals surface area contributed by atoms with Crippen LogP contribution in [0.4, 0.5) is 0 Å². The zero-order valence-electron chi connectivity index (χ0n) is 11.5. The summed E-state index contributed by atoms with van der Waals surface area (Å²) in [7, 11) is 1.65. The van der Waals surface area contributed by atoms with Crippen LogP contribution in [0, 0.1) is 0 Å². The Kier molecular flexibility index (Phi) is 4.84. The molecule has 0 atom stereocenters. The predicted octanol–water partition coefficient (Wildman–Crippen LogP) is 2.92. The molecule has 1 aromatic carbocycles. The van der Waals surface area contributed by atoms with Gasteiger partial charge in [0.15, 0.2) is 11.5 Å². The normalized spacial score (nSPS) is 10.4. The second-order valence-corrected chi connectivity index (χ2v) is 4.29. The molecule has 0 aliphatic heterocycles. The highest BCUT2D eigenvalue weighted by molar-refractivity contribution is 5.39. The fourth-order valence-electron chi connectivity index (χ4n) is 1.99. The van der Waals surface area contributed by atoms with Crippen molar-refractivity contribution in [2.24, 2.45) is 0 Å². The molecular weight excluding hydrogens is 240 g/mol. The van der Waals surface area contributed by atoms with Gasteiger partial charge in [-0.3, -0.25) is 0 Å². The van der Waals surface area contributed by atoms with Gasteiger partial charge in [-0.1, -0.05) is 19.1 Å². The zero-order valence-corrected chi connectivity index (χ0v) is 11.5. The van der Waals surface area contributed by atoms with Crippen molar-refractivity contribution in [2.75, 3.05) is 13.7 Å². The van der Waals surface area contributed by atoms with Crippen molar-refractivity contribution in [3.05, 3.63) is 42.5 Å². The molecule has 1 heterocycles. The maximum atomic E-state index is 5.76. The molecule has 0 saturated heterocycles. The zero-order chi connectivity index (χ0) is 13.5. The number of aromatic nitrogens is 2. The van der Waals surface area contributed by atoms with Crippen molar-refractivity contribution in [1.82, 2.24) is 9.55 Å². The van der Waals surface area contributed by atoms with E-state index in [2.05, 4.69) is 16.5 Å². The van der Waals surface area contributed by atoms with E-state index in [1.165, 1.54) is 0 Å². The monoisotopic (exact) mass is 260 g/mol. The van der Waals surface area contributed by atoms with Crippen LogP contribution >= 0.6 is 0 Å². The van der Waals surface area contributed by atoms with E-state index in [9.17, 15) is 0 Å². The summed E-state index contributed by atoms with van der Waals surface area (Å²) in [6.45, 7) is 3.56. The molecule has 1 aromatic heterocycles. The highest BCUT2D eigenvalue weighted by Gasteiger charge is 2.04. The fourth-order valence-corrected chi connectivity index (χ4v) is 1.99. The van der Waals surface area contributed by atoms with E-state index in [0.717, 1.165) is 36.7 Å². The van der Waals surface area contributed by atoms with Gasteiger partial charge in [0.25, 0.3) is 0 Å². The number of benzene rings is 1. The van der Waals surface area contributed by atoms with Crippen LogP contribution < -0.4 is 9.47 Å².